The van der Waals surface area contributed by atoms with E-state index in [1.54, 1.807) is 7.05 Å². The molecule has 1 aromatic rings. The van der Waals surface area contributed by atoms with E-state index in [9.17, 15) is 4.79 Å². The lowest BCUT2D eigenvalue weighted by atomic mass is 10.3. The van der Waals surface area contributed by atoms with Crippen molar-refractivity contribution in [2.75, 3.05) is 38.2 Å². The summed E-state index contributed by atoms with van der Waals surface area (Å²) in [5.41, 5.74) is 5.69. The van der Waals surface area contributed by atoms with Crippen molar-refractivity contribution in [3.8, 4) is 0 Å². The summed E-state index contributed by atoms with van der Waals surface area (Å²) in [6, 6.07) is 0.464. The molecule has 0 spiro atoms. The Kier molecular flexibility index (Phi) is 5.36. The van der Waals surface area contributed by atoms with Gasteiger partial charge in [0, 0.05) is 26.2 Å². The normalized spacial score (nSPS) is 11.0. The molecule has 0 bridgehead atoms. The number of amides is 1. The summed E-state index contributed by atoms with van der Waals surface area (Å²) >= 11 is 1.26. The molecule has 18 heavy (non-hydrogen) atoms. The standard InChI is InChI=1S/C11H21N5OS/c1-7(2)16(4)6-5-14-10(17)8-9(12)15-11(13-3)18-8/h7H,5-6,12H2,1-4H3,(H,13,15)(H,14,17). The number of thiazole rings is 1. The molecule has 0 aliphatic carbocycles. The average molecular weight is 271 g/mol. The number of nitrogen functional groups attached to an aromatic ring is 1. The Bertz CT molecular complexity index is 404. The number of nitrogens with zero attached hydrogens (tertiary/aromatic N) is 2. The highest BCUT2D eigenvalue weighted by atomic mass is 32.1. The number of hydrogen-bond donors (Lipinski definition) is 3. The Balaban J connectivity index is 2.48. The first-order valence-electron chi connectivity index (χ1n) is 5.88. The van der Waals surface area contributed by atoms with Gasteiger partial charge in [0.25, 0.3) is 5.91 Å². The minimum absolute atomic E-state index is 0.163. The monoisotopic (exact) mass is 271 g/mol. The number of hydrogen-bond acceptors (Lipinski definition) is 6. The Morgan fingerprint density at radius 1 is 1.56 bits per heavy atom. The highest BCUT2D eigenvalue weighted by Crippen LogP contribution is 2.23. The number of anilines is 2. The van der Waals surface area contributed by atoms with Crippen molar-refractivity contribution in [2.24, 2.45) is 0 Å². The summed E-state index contributed by atoms with van der Waals surface area (Å²) < 4.78 is 0. The predicted octanol–water partition coefficient (Wildman–Crippen LogP) is 0.837. The van der Waals surface area contributed by atoms with Crippen molar-refractivity contribution in [3.63, 3.8) is 0 Å². The third-order valence-corrected chi connectivity index (χ3v) is 3.79. The zero-order valence-corrected chi connectivity index (χ0v) is 12.1. The zero-order valence-electron chi connectivity index (χ0n) is 11.3. The SMILES string of the molecule is CNc1nc(N)c(C(=O)NCCN(C)C(C)C)s1. The molecule has 1 rings (SSSR count). The first-order valence-corrected chi connectivity index (χ1v) is 6.69. The van der Waals surface area contributed by atoms with E-state index in [1.165, 1.54) is 11.3 Å². The number of nitrogens with two attached hydrogens (primary N) is 1. The summed E-state index contributed by atoms with van der Waals surface area (Å²) in [6.45, 7) is 5.63. The van der Waals surface area contributed by atoms with Crippen molar-refractivity contribution in [3.05, 3.63) is 4.88 Å². The first kappa shape index (κ1) is 14.7. The summed E-state index contributed by atoms with van der Waals surface area (Å²) in [4.78, 5) is 18.5. The van der Waals surface area contributed by atoms with Crippen LogP contribution in [-0.4, -0.2) is 49.0 Å². The predicted molar refractivity (Wildman–Crippen MR) is 76.2 cm³/mol. The fourth-order valence-corrected chi connectivity index (χ4v) is 2.04. The third-order valence-electron chi connectivity index (χ3n) is 2.71. The van der Waals surface area contributed by atoms with Gasteiger partial charge in [0.05, 0.1) is 0 Å². The maximum atomic E-state index is 11.9. The van der Waals surface area contributed by atoms with Gasteiger partial charge in [-0.15, -0.1) is 0 Å². The molecule has 102 valence electrons. The number of carbonyl (C=O) groups excluding carboxylic acids is 1. The highest BCUT2D eigenvalue weighted by molar-refractivity contribution is 7.18. The lowest BCUT2D eigenvalue weighted by Crippen LogP contribution is -2.36. The van der Waals surface area contributed by atoms with Gasteiger partial charge in [0.2, 0.25) is 0 Å². The molecule has 1 amide bonds. The molecule has 4 N–H and O–H groups in total. The van der Waals surface area contributed by atoms with E-state index in [0.717, 1.165) is 6.54 Å². The number of carbonyl (C=O) groups is 1. The third kappa shape index (κ3) is 3.85. The minimum atomic E-state index is -0.163. The second-order valence-corrected chi connectivity index (χ2v) is 5.31. The van der Waals surface area contributed by atoms with E-state index in [2.05, 4.69) is 34.4 Å². The van der Waals surface area contributed by atoms with Crippen LogP contribution in [0.3, 0.4) is 0 Å². The molecule has 0 radical (unpaired) electrons. The average Bonchev–Trinajstić information content (AvgIpc) is 2.70. The number of aromatic nitrogens is 1. The van der Waals surface area contributed by atoms with Gasteiger partial charge in [0.1, 0.15) is 10.7 Å². The molecule has 0 saturated carbocycles. The van der Waals surface area contributed by atoms with Gasteiger partial charge in [-0.2, -0.15) is 0 Å². The molecule has 1 aromatic heterocycles. The number of nitrogens with one attached hydrogen (secondary N) is 2. The van der Waals surface area contributed by atoms with Crippen LogP contribution >= 0.6 is 11.3 Å². The fraction of sp³-hybridized carbons (Fsp3) is 0.636. The van der Waals surface area contributed by atoms with Crippen LogP contribution in [0, 0.1) is 0 Å². The maximum absolute atomic E-state index is 11.9. The molecule has 0 aromatic carbocycles. The Morgan fingerprint density at radius 2 is 2.22 bits per heavy atom. The smallest absolute Gasteiger partial charge is 0.265 e. The number of rotatable bonds is 6. The van der Waals surface area contributed by atoms with Gasteiger partial charge < -0.3 is 21.3 Å². The van der Waals surface area contributed by atoms with Gasteiger partial charge in [0.15, 0.2) is 5.13 Å². The Hall–Kier alpha value is -1.34. The van der Waals surface area contributed by atoms with Crippen LogP contribution in [-0.2, 0) is 0 Å². The quantitative estimate of drug-likeness (QED) is 0.714. The van der Waals surface area contributed by atoms with Crippen molar-refractivity contribution in [1.82, 2.24) is 15.2 Å². The van der Waals surface area contributed by atoms with E-state index in [4.69, 9.17) is 5.73 Å². The molecular weight excluding hydrogens is 250 g/mol. The van der Waals surface area contributed by atoms with Crippen LogP contribution < -0.4 is 16.4 Å². The molecule has 0 unspecified atom stereocenters. The van der Waals surface area contributed by atoms with Crippen molar-refractivity contribution < 1.29 is 4.79 Å². The van der Waals surface area contributed by atoms with Crippen LogP contribution in [0.5, 0.6) is 0 Å². The van der Waals surface area contributed by atoms with Gasteiger partial charge in [-0.3, -0.25) is 4.79 Å². The summed E-state index contributed by atoms with van der Waals surface area (Å²) in [6.07, 6.45) is 0. The molecule has 6 nitrogen and oxygen atoms in total. The fourth-order valence-electron chi connectivity index (χ4n) is 1.29. The van der Waals surface area contributed by atoms with Crippen molar-refractivity contribution in [2.45, 2.75) is 19.9 Å². The van der Waals surface area contributed by atoms with Crippen LogP contribution in [0.1, 0.15) is 23.5 Å². The van der Waals surface area contributed by atoms with E-state index >= 15 is 0 Å². The number of likely N-dealkylation sites (N-methyl/N-ethyl adjacent to an activating group) is 1. The molecule has 1 heterocycles. The largest absolute Gasteiger partial charge is 0.382 e. The van der Waals surface area contributed by atoms with Gasteiger partial charge >= 0.3 is 0 Å². The summed E-state index contributed by atoms with van der Waals surface area (Å²) in [5, 5.41) is 6.37. The van der Waals surface area contributed by atoms with Crippen LogP contribution in [0.25, 0.3) is 0 Å². The molecule has 0 aliphatic heterocycles. The topological polar surface area (TPSA) is 83.3 Å². The molecule has 7 heteroatoms. The lowest BCUT2D eigenvalue weighted by molar-refractivity contribution is 0.0953. The molecule has 0 saturated heterocycles. The molecule has 0 aliphatic rings. The Labute approximate surface area is 112 Å². The van der Waals surface area contributed by atoms with Crippen LogP contribution in [0.15, 0.2) is 0 Å². The second-order valence-electron chi connectivity index (χ2n) is 4.31. The van der Waals surface area contributed by atoms with Gasteiger partial charge in [-0.25, -0.2) is 4.98 Å². The van der Waals surface area contributed by atoms with Crippen LogP contribution in [0.4, 0.5) is 10.9 Å². The summed E-state index contributed by atoms with van der Waals surface area (Å²) in [5.74, 6) is 0.114. The van der Waals surface area contributed by atoms with E-state index in [-0.39, 0.29) is 11.7 Å². The molecular formula is C11H21N5OS. The van der Waals surface area contributed by atoms with E-state index < -0.39 is 0 Å². The van der Waals surface area contributed by atoms with Crippen molar-refractivity contribution in [1.29, 1.82) is 0 Å². The minimum Gasteiger partial charge on any atom is -0.382 e. The molecule has 0 atom stereocenters. The van der Waals surface area contributed by atoms with Crippen LogP contribution in [0.2, 0.25) is 0 Å². The first-order chi connectivity index (χ1) is 8.45. The highest BCUT2D eigenvalue weighted by Gasteiger charge is 2.15. The van der Waals surface area contributed by atoms with E-state index in [0.29, 0.717) is 22.6 Å². The Morgan fingerprint density at radius 3 is 2.72 bits per heavy atom. The maximum Gasteiger partial charge on any atom is 0.265 e. The van der Waals surface area contributed by atoms with Crippen molar-refractivity contribution >= 4 is 28.2 Å². The van der Waals surface area contributed by atoms with Gasteiger partial charge in [-0.1, -0.05) is 11.3 Å². The van der Waals surface area contributed by atoms with E-state index in [1.807, 2.05) is 7.05 Å². The molecule has 0 fully saturated rings. The zero-order chi connectivity index (χ0) is 13.7. The summed E-state index contributed by atoms with van der Waals surface area (Å²) in [7, 11) is 3.77. The van der Waals surface area contributed by atoms with Gasteiger partial charge in [-0.05, 0) is 20.9 Å². The second kappa shape index (κ2) is 6.55. The lowest BCUT2D eigenvalue weighted by Gasteiger charge is -2.20.